The standard InChI is InChI=1S/C15H28N2O/c1-5-14(3,4)17-13(18)11(2)16-10-15(8-9-15)12-6-7-12/h11-12,16H,5-10H2,1-4H3,(H,17,18). The summed E-state index contributed by atoms with van der Waals surface area (Å²) in [6, 6.07) is -0.0768. The van der Waals surface area contributed by atoms with Gasteiger partial charge in [-0.1, -0.05) is 6.92 Å². The maximum Gasteiger partial charge on any atom is 0.237 e. The Kier molecular flexibility index (Phi) is 3.72. The molecule has 0 aliphatic heterocycles. The van der Waals surface area contributed by atoms with Crippen molar-refractivity contribution >= 4 is 5.91 Å². The molecule has 2 rings (SSSR count). The average molecular weight is 252 g/mol. The van der Waals surface area contributed by atoms with Gasteiger partial charge in [-0.05, 0) is 64.2 Å². The summed E-state index contributed by atoms with van der Waals surface area (Å²) in [5, 5.41) is 6.55. The normalized spacial score (nSPS) is 23.6. The first-order valence-corrected chi connectivity index (χ1v) is 7.44. The Balaban J connectivity index is 1.74. The summed E-state index contributed by atoms with van der Waals surface area (Å²) in [7, 11) is 0. The number of nitrogens with one attached hydrogen (secondary N) is 2. The minimum Gasteiger partial charge on any atom is -0.350 e. The van der Waals surface area contributed by atoms with Gasteiger partial charge in [-0.2, -0.15) is 0 Å². The summed E-state index contributed by atoms with van der Waals surface area (Å²) in [5.74, 6) is 1.08. The molecule has 104 valence electrons. The van der Waals surface area contributed by atoms with Crippen LogP contribution in [0.25, 0.3) is 0 Å². The van der Waals surface area contributed by atoms with Gasteiger partial charge < -0.3 is 10.6 Å². The predicted molar refractivity (Wildman–Crippen MR) is 74.4 cm³/mol. The van der Waals surface area contributed by atoms with E-state index >= 15 is 0 Å². The van der Waals surface area contributed by atoms with Crippen LogP contribution in [0.5, 0.6) is 0 Å². The van der Waals surface area contributed by atoms with Crippen LogP contribution >= 0.6 is 0 Å². The van der Waals surface area contributed by atoms with E-state index in [9.17, 15) is 4.79 Å². The van der Waals surface area contributed by atoms with Crippen LogP contribution in [0.4, 0.5) is 0 Å². The second kappa shape index (κ2) is 4.84. The summed E-state index contributed by atoms with van der Waals surface area (Å²) < 4.78 is 0. The molecule has 2 aliphatic rings. The first kappa shape index (κ1) is 13.9. The van der Waals surface area contributed by atoms with Gasteiger partial charge in [0, 0.05) is 12.1 Å². The summed E-state index contributed by atoms with van der Waals surface area (Å²) in [6.45, 7) is 9.25. The maximum absolute atomic E-state index is 12.1. The van der Waals surface area contributed by atoms with Gasteiger partial charge in [0.05, 0.1) is 6.04 Å². The maximum atomic E-state index is 12.1. The third kappa shape index (κ3) is 3.25. The molecule has 3 heteroatoms. The fraction of sp³-hybridized carbons (Fsp3) is 0.933. The molecule has 0 radical (unpaired) electrons. The molecule has 0 heterocycles. The second-order valence-electron chi connectivity index (χ2n) is 6.97. The van der Waals surface area contributed by atoms with Crippen LogP contribution in [-0.4, -0.2) is 24.0 Å². The van der Waals surface area contributed by atoms with E-state index in [-0.39, 0.29) is 17.5 Å². The van der Waals surface area contributed by atoms with Crippen molar-refractivity contribution in [1.82, 2.24) is 10.6 Å². The van der Waals surface area contributed by atoms with E-state index in [2.05, 4.69) is 31.4 Å². The lowest BCUT2D eigenvalue weighted by Gasteiger charge is -2.27. The smallest absolute Gasteiger partial charge is 0.237 e. The molecule has 18 heavy (non-hydrogen) atoms. The van der Waals surface area contributed by atoms with Crippen molar-refractivity contribution in [3.63, 3.8) is 0 Å². The van der Waals surface area contributed by atoms with Crippen molar-refractivity contribution in [1.29, 1.82) is 0 Å². The molecule has 0 bridgehead atoms. The highest BCUT2D eigenvalue weighted by molar-refractivity contribution is 5.81. The fourth-order valence-electron chi connectivity index (χ4n) is 2.56. The van der Waals surface area contributed by atoms with Gasteiger partial charge in [0.15, 0.2) is 0 Å². The molecule has 2 N–H and O–H groups in total. The molecule has 1 amide bonds. The molecule has 0 aromatic heterocycles. The molecule has 2 aliphatic carbocycles. The van der Waals surface area contributed by atoms with E-state index in [1.807, 2.05) is 6.92 Å². The minimum absolute atomic E-state index is 0.0768. The van der Waals surface area contributed by atoms with Crippen molar-refractivity contribution in [3.05, 3.63) is 0 Å². The Bertz CT molecular complexity index is 316. The molecule has 0 spiro atoms. The van der Waals surface area contributed by atoms with Gasteiger partial charge in [-0.15, -0.1) is 0 Å². The summed E-state index contributed by atoms with van der Waals surface area (Å²) in [4.78, 5) is 12.1. The molecule has 2 saturated carbocycles. The highest BCUT2D eigenvalue weighted by Crippen LogP contribution is 2.60. The molecule has 0 aromatic rings. The molecule has 1 unspecified atom stereocenters. The highest BCUT2D eigenvalue weighted by atomic mass is 16.2. The van der Waals surface area contributed by atoms with Crippen molar-refractivity contribution in [2.45, 2.75) is 71.4 Å². The zero-order valence-electron chi connectivity index (χ0n) is 12.3. The number of carbonyl (C=O) groups excluding carboxylic acids is 1. The first-order chi connectivity index (χ1) is 8.38. The Labute approximate surface area is 111 Å². The number of carbonyl (C=O) groups is 1. The summed E-state index contributed by atoms with van der Waals surface area (Å²) in [5.41, 5.74) is 0.468. The van der Waals surface area contributed by atoms with E-state index in [0.29, 0.717) is 5.41 Å². The fourth-order valence-corrected chi connectivity index (χ4v) is 2.56. The van der Waals surface area contributed by atoms with Crippen LogP contribution in [0.2, 0.25) is 0 Å². The first-order valence-electron chi connectivity index (χ1n) is 7.44. The van der Waals surface area contributed by atoms with Gasteiger partial charge in [0.1, 0.15) is 0 Å². The van der Waals surface area contributed by atoms with E-state index in [1.165, 1.54) is 25.7 Å². The number of hydrogen-bond acceptors (Lipinski definition) is 2. The minimum atomic E-state index is -0.0964. The van der Waals surface area contributed by atoms with Crippen molar-refractivity contribution in [3.8, 4) is 0 Å². The number of amides is 1. The molecule has 0 aromatic carbocycles. The van der Waals surface area contributed by atoms with Crippen molar-refractivity contribution in [2.24, 2.45) is 11.3 Å². The van der Waals surface area contributed by atoms with Crippen molar-refractivity contribution in [2.75, 3.05) is 6.54 Å². The van der Waals surface area contributed by atoms with Gasteiger partial charge in [0.25, 0.3) is 0 Å². The van der Waals surface area contributed by atoms with Crippen molar-refractivity contribution < 1.29 is 4.79 Å². The lowest BCUT2D eigenvalue weighted by atomic mass is 9.99. The number of hydrogen-bond donors (Lipinski definition) is 2. The van der Waals surface area contributed by atoms with Crippen LogP contribution < -0.4 is 10.6 Å². The Morgan fingerprint density at radius 3 is 2.44 bits per heavy atom. The molecule has 1 atom stereocenters. The molecular formula is C15H28N2O. The van der Waals surface area contributed by atoms with Crippen LogP contribution in [0.15, 0.2) is 0 Å². The Morgan fingerprint density at radius 2 is 2.00 bits per heavy atom. The topological polar surface area (TPSA) is 41.1 Å². The van der Waals surface area contributed by atoms with Gasteiger partial charge >= 0.3 is 0 Å². The van der Waals surface area contributed by atoms with E-state index in [4.69, 9.17) is 0 Å². The molecular weight excluding hydrogens is 224 g/mol. The highest BCUT2D eigenvalue weighted by Gasteiger charge is 2.53. The van der Waals surface area contributed by atoms with E-state index < -0.39 is 0 Å². The van der Waals surface area contributed by atoms with Crippen LogP contribution in [0.1, 0.15) is 59.8 Å². The Hall–Kier alpha value is -0.570. The third-order valence-electron chi connectivity index (χ3n) is 4.83. The summed E-state index contributed by atoms with van der Waals surface area (Å²) >= 11 is 0. The van der Waals surface area contributed by atoms with E-state index in [0.717, 1.165) is 18.9 Å². The van der Waals surface area contributed by atoms with Crippen LogP contribution in [0.3, 0.4) is 0 Å². The second-order valence-corrected chi connectivity index (χ2v) is 6.97. The zero-order valence-corrected chi connectivity index (χ0v) is 12.3. The largest absolute Gasteiger partial charge is 0.350 e. The lowest BCUT2D eigenvalue weighted by molar-refractivity contribution is -0.124. The lowest BCUT2D eigenvalue weighted by Crippen LogP contribution is -2.51. The molecule has 3 nitrogen and oxygen atoms in total. The quantitative estimate of drug-likeness (QED) is 0.731. The predicted octanol–water partition coefficient (Wildman–Crippen LogP) is 2.46. The number of rotatable bonds is 7. The average Bonchev–Trinajstić information content (AvgIpc) is 3.15. The van der Waals surface area contributed by atoms with Gasteiger partial charge in [-0.3, -0.25) is 4.79 Å². The van der Waals surface area contributed by atoms with Crippen LogP contribution in [0, 0.1) is 11.3 Å². The molecule has 2 fully saturated rings. The van der Waals surface area contributed by atoms with E-state index in [1.54, 1.807) is 0 Å². The van der Waals surface area contributed by atoms with Crippen LogP contribution in [-0.2, 0) is 4.79 Å². The monoisotopic (exact) mass is 252 g/mol. The van der Waals surface area contributed by atoms with Gasteiger partial charge in [0.2, 0.25) is 5.91 Å². The SMILES string of the molecule is CCC(C)(C)NC(=O)C(C)NCC1(C2CC2)CC1. The molecule has 0 saturated heterocycles. The Morgan fingerprint density at radius 1 is 1.39 bits per heavy atom. The summed E-state index contributed by atoms with van der Waals surface area (Å²) in [6.07, 6.45) is 6.49. The van der Waals surface area contributed by atoms with Gasteiger partial charge in [-0.25, -0.2) is 0 Å². The zero-order chi connectivity index (χ0) is 13.4. The third-order valence-corrected chi connectivity index (χ3v) is 4.83.